The number of aliphatic hydroxyl groups excluding tert-OH is 9. The summed E-state index contributed by atoms with van der Waals surface area (Å²) in [5.41, 5.74) is -0.652. The zero-order valence-electron chi connectivity index (χ0n) is 53.5. The Morgan fingerprint density at radius 1 is 0.533 bits per heavy atom. The van der Waals surface area contributed by atoms with Crippen LogP contribution in [0.5, 0.6) is 0 Å². The minimum atomic E-state index is -1.68. The summed E-state index contributed by atoms with van der Waals surface area (Å²) in [6.45, 7) is 8.01. The molecule has 0 aromatic rings. The van der Waals surface area contributed by atoms with Gasteiger partial charge in [0.1, 0.15) is 66.9 Å². The predicted octanol–water partition coefficient (Wildman–Crippen LogP) is -8.00. The minimum Gasteiger partial charge on any atom is -0.394 e. The fourth-order valence-electron chi connectivity index (χ4n) is 8.83. The van der Waals surface area contributed by atoms with Crippen molar-refractivity contribution in [2.24, 2.45) is 0 Å². The van der Waals surface area contributed by atoms with E-state index in [1.807, 2.05) is 20.8 Å². The summed E-state index contributed by atoms with van der Waals surface area (Å²) in [5.74, 6) is -5.06. The number of carbonyl (C=O) groups excluding carboxylic acids is 8. The molecule has 8 amide bonds. The van der Waals surface area contributed by atoms with Gasteiger partial charge in [0.2, 0.25) is 53.5 Å². The van der Waals surface area contributed by atoms with Crippen molar-refractivity contribution in [3.63, 3.8) is 0 Å². The maximum atomic E-state index is 13.7. The lowest BCUT2D eigenvalue weighted by Crippen LogP contribution is -2.64. The van der Waals surface area contributed by atoms with Crippen LogP contribution in [0.25, 0.3) is 0 Å². The van der Waals surface area contributed by atoms with E-state index in [1.165, 1.54) is 20.8 Å². The quantitative estimate of drug-likeness (QED) is 0.0199. The van der Waals surface area contributed by atoms with Crippen molar-refractivity contribution < 1.29 is 136 Å². The summed E-state index contributed by atoms with van der Waals surface area (Å²) in [5, 5.41) is 111. The zero-order valence-corrected chi connectivity index (χ0v) is 53.5. The SMILES string of the molecule is CCOCCC(C)(C)OCCC(=O)NC(CCC(=O)NC(CCC(=O)NCCOCCOC1OC(CO)C(O)C(O)C1NC(C)=O)C(=O)NCCOCCOC1OC(CO)C(O)C(O)C1NC(C)=O)C(=O)NCCOCCOC(OC(CO)C(C)O)C(O)NC(C)=O. The van der Waals surface area contributed by atoms with Gasteiger partial charge < -0.3 is 141 Å². The molecular weight excluding hydrogens is 1230 g/mol. The van der Waals surface area contributed by atoms with Gasteiger partial charge in [-0.05, 0) is 47.0 Å². The van der Waals surface area contributed by atoms with Gasteiger partial charge in [-0.25, -0.2) is 0 Å². The molecular formula is C56H102N8O28. The van der Waals surface area contributed by atoms with E-state index in [9.17, 15) is 84.3 Å². The number of aliphatic hydroxyl groups is 9. The topological polar surface area (TPSA) is 516 Å². The van der Waals surface area contributed by atoms with E-state index >= 15 is 0 Å². The molecule has 0 aromatic carbocycles. The van der Waals surface area contributed by atoms with Crippen molar-refractivity contribution in [3.8, 4) is 0 Å². The second-order valence-electron chi connectivity index (χ2n) is 22.0. The van der Waals surface area contributed by atoms with Crippen LogP contribution in [-0.4, -0.2) is 316 Å². The maximum absolute atomic E-state index is 13.7. The van der Waals surface area contributed by atoms with Gasteiger partial charge in [0.15, 0.2) is 18.8 Å². The fraction of sp³-hybridized carbons (Fsp3) is 0.857. The molecule has 0 aromatic heterocycles. The molecule has 2 rings (SSSR count). The third-order valence-electron chi connectivity index (χ3n) is 13.8. The Morgan fingerprint density at radius 3 is 1.42 bits per heavy atom. The molecule has 17 N–H and O–H groups in total. The van der Waals surface area contributed by atoms with Gasteiger partial charge in [0.05, 0.1) is 104 Å². The van der Waals surface area contributed by atoms with Crippen molar-refractivity contribution in [2.75, 3.05) is 119 Å². The van der Waals surface area contributed by atoms with Crippen molar-refractivity contribution >= 4 is 47.3 Å². The first-order valence-corrected chi connectivity index (χ1v) is 30.6. The molecule has 0 bridgehead atoms. The van der Waals surface area contributed by atoms with E-state index in [0.29, 0.717) is 19.6 Å². The van der Waals surface area contributed by atoms with E-state index in [4.69, 9.17) is 52.1 Å². The molecule has 2 heterocycles. The van der Waals surface area contributed by atoms with E-state index in [0.717, 1.165) is 6.92 Å². The highest BCUT2D eigenvalue weighted by molar-refractivity contribution is 5.90. The largest absolute Gasteiger partial charge is 0.394 e. The average molecular weight is 1340 g/mol. The van der Waals surface area contributed by atoms with Crippen LogP contribution in [0.15, 0.2) is 0 Å². The number of hydrogen-bond donors (Lipinski definition) is 17. The molecule has 36 heteroatoms. The molecule has 534 valence electrons. The fourth-order valence-corrected chi connectivity index (χ4v) is 8.83. The number of amides is 8. The molecule has 16 unspecified atom stereocenters. The third kappa shape index (κ3) is 33.4. The van der Waals surface area contributed by atoms with E-state index in [2.05, 4.69) is 42.5 Å². The van der Waals surface area contributed by atoms with Crippen molar-refractivity contribution in [1.29, 1.82) is 0 Å². The monoisotopic (exact) mass is 1330 g/mol. The molecule has 2 aliphatic heterocycles. The van der Waals surface area contributed by atoms with Crippen LogP contribution in [0.4, 0.5) is 0 Å². The van der Waals surface area contributed by atoms with Crippen LogP contribution >= 0.6 is 0 Å². The predicted molar refractivity (Wildman–Crippen MR) is 315 cm³/mol. The Hall–Kier alpha value is -5.04. The Bertz CT molecular complexity index is 2160. The molecule has 16 atom stereocenters. The van der Waals surface area contributed by atoms with Crippen LogP contribution in [0.1, 0.15) is 87.0 Å². The Morgan fingerprint density at radius 2 is 0.989 bits per heavy atom. The molecule has 2 fully saturated rings. The maximum Gasteiger partial charge on any atom is 0.242 e. The second-order valence-corrected chi connectivity index (χ2v) is 22.0. The van der Waals surface area contributed by atoms with Crippen LogP contribution < -0.4 is 42.5 Å². The van der Waals surface area contributed by atoms with Gasteiger partial charge in [-0.3, -0.25) is 38.4 Å². The Balaban J connectivity index is 2.14. The normalized spacial score (nSPS) is 23.6. The molecule has 0 saturated carbocycles. The smallest absolute Gasteiger partial charge is 0.242 e. The lowest BCUT2D eigenvalue weighted by molar-refractivity contribution is -0.272. The second kappa shape index (κ2) is 46.1. The van der Waals surface area contributed by atoms with Crippen molar-refractivity contribution in [1.82, 2.24) is 42.5 Å². The van der Waals surface area contributed by atoms with Gasteiger partial charge in [-0.15, -0.1) is 0 Å². The summed E-state index contributed by atoms with van der Waals surface area (Å²) in [6.07, 6.45) is -17.5. The number of nitrogens with one attached hydrogen (secondary N) is 8. The molecule has 92 heavy (non-hydrogen) atoms. The molecule has 2 saturated heterocycles. The standard InChI is InChI=1S/C56H102N8O28/c1-8-82-19-14-56(6,7)89-18-13-43(74)64-37(51(80)59-17-22-85-25-28-88-55(52(81)62-35(5)71)90-38(29-65)32(2)68)10-12-42(73)63-36(50(79)58-16-21-84-24-27-87-54-45(61-34(4)70)49(78)47(76)40(31-67)92-54)9-11-41(72)57-15-20-83-23-26-86-53-44(60-33(3)69)48(77)46(75)39(30-66)91-53/h32,36-40,44-49,52-55,65-68,75-78,81H,8-31H2,1-7H3,(H,57,72)(H,58,79)(H,59,80)(H,60,69)(H,61,70)(H,62,71)(H,63,73)(H,64,74). The third-order valence-corrected chi connectivity index (χ3v) is 13.8. The van der Waals surface area contributed by atoms with Crippen LogP contribution in [0.2, 0.25) is 0 Å². The van der Waals surface area contributed by atoms with Gasteiger partial charge in [0.25, 0.3) is 0 Å². The Kier molecular flexibility index (Phi) is 41.7. The highest BCUT2D eigenvalue weighted by atomic mass is 16.7. The first-order valence-electron chi connectivity index (χ1n) is 30.6. The zero-order chi connectivity index (χ0) is 68.8. The van der Waals surface area contributed by atoms with Crippen LogP contribution in [-0.2, 0) is 90.5 Å². The molecule has 36 nitrogen and oxygen atoms in total. The first kappa shape index (κ1) is 83.1. The van der Waals surface area contributed by atoms with Gasteiger partial charge in [-0.2, -0.15) is 0 Å². The number of ether oxygens (including phenoxy) is 11. The van der Waals surface area contributed by atoms with Crippen molar-refractivity contribution in [3.05, 3.63) is 0 Å². The molecule has 0 radical (unpaired) electrons. The number of carbonyl (C=O) groups is 8. The summed E-state index contributed by atoms with van der Waals surface area (Å²) in [6, 6.07) is -5.01. The molecule has 2 aliphatic rings. The summed E-state index contributed by atoms with van der Waals surface area (Å²) < 4.78 is 61.2. The summed E-state index contributed by atoms with van der Waals surface area (Å²) in [7, 11) is 0. The highest BCUT2D eigenvalue weighted by Crippen LogP contribution is 2.24. The van der Waals surface area contributed by atoms with Crippen molar-refractivity contribution in [2.45, 2.75) is 191 Å². The van der Waals surface area contributed by atoms with Crippen LogP contribution in [0, 0.1) is 0 Å². The highest BCUT2D eigenvalue weighted by Gasteiger charge is 2.47. The Labute approximate surface area is 534 Å². The minimum absolute atomic E-state index is 0.0200. The van der Waals surface area contributed by atoms with E-state index in [-0.39, 0.29) is 111 Å². The lowest BCUT2D eigenvalue weighted by atomic mass is 9.97. The first-order chi connectivity index (χ1) is 43.7. The average Bonchev–Trinajstić information content (AvgIpc) is 1.04. The van der Waals surface area contributed by atoms with Gasteiger partial charge >= 0.3 is 0 Å². The summed E-state index contributed by atoms with van der Waals surface area (Å²) >= 11 is 0. The summed E-state index contributed by atoms with van der Waals surface area (Å²) in [4.78, 5) is 103. The lowest BCUT2D eigenvalue weighted by Gasteiger charge is -2.42. The van der Waals surface area contributed by atoms with E-state index in [1.54, 1.807) is 0 Å². The molecule has 0 spiro atoms. The van der Waals surface area contributed by atoms with Gasteiger partial charge in [0, 0.05) is 66.5 Å². The number of rotatable bonds is 49. The number of hydrogen-bond acceptors (Lipinski definition) is 28. The van der Waals surface area contributed by atoms with Gasteiger partial charge in [-0.1, -0.05) is 0 Å². The van der Waals surface area contributed by atoms with Crippen LogP contribution in [0.3, 0.4) is 0 Å². The molecule has 0 aliphatic carbocycles. The van der Waals surface area contributed by atoms with E-state index < -0.39 is 177 Å².